The molecule has 0 radical (unpaired) electrons. The molecule has 8 nitrogen and oxygen atoms in total. The summed E-state index contributed by atoms with van der Waals surface area (Å²) in [6.45, 7) is 3.77. The lowest BCUT2D eigenvalue weighted by Crippen LogP contribution is -2.44. The fourth-order valence-electron chi connectivity index (χ4n) is 5.98. The van der Waals surface area contributed by atoms with Crippen LogP contribution in [0.1, 0.15) is 47.4 Å². The van der Waals surface area contributed by atoms with Crippen molar-refractivity contribution in [1.29, 1.82) is 5.26 Å². The number of piperidine rings is 2. The summed E-state index contributed by atoms with van der Waals surface area (Å²) in [5.74, 6) is 0.427. The summed E-state index contributed by atoms with van der Waals surface area (Å²) in [5.41, 5.74) is 3.12. The standard InChI is InChI=1S/C34H33F3N4O4/c35-34(36,37)45-29-9-6-27(7-10-29)41-17-13-28(14-18-41)43-30-8-5-23-19-32(44-31(23)20-30)33(42)39-26-11-15-40(16-12-26)22-25-4-2-1-3-24(25)21-38/h1-10,19-20,26,28H,11-18,22H2,(H,39,42). The summed E-state index contributed by atoms with van der Waals surface area (Å²) >= 11 is 0. The lowest BCUT2D eigenvalue weighted by molar-refractivity contribution is -0.274. The maximum atomic E-state index is 13.0. The molecule has 0 spiro atoms. The monoisotopic (exact) mass is 618 g/mol. The molecule has 45 heavy (non-hydrogen) atoms. The van der Waals surface area contributed by atoms with Gasteiger partial charge in [0.1, 0.15) is 23.2 Å². The van der Waals surface area contributed by atoms with Crippen molar-refractivity contribution in [3.05, 3.63) is 89.7 Å². The first-order chi connectivity index (χ1) is 21.7. The molecular formula is C34H33F3N4O4. The number of halogens is 3. The average molecular weight is 619 g/mol. The van der Waals surface area contributed by atoms with E-state index in [9.17, 15) is 23.2 Å². The van der Waals surface area contributed by atoms with E-state index in [0.29, 0.717) is 30.0 Å². The Morgan fingerprint density at radius 1 is 0.933 bits per heavy atom. The summed E-state index contributed by atoms with van der Waals surface area (Å²) in [5, 5.41) is 13.3. The lowest BCUT2D eigenvalue weighted by atomic mass is 10.0. The van der Waals surface area contributed by atoms with Gasteiger partial charge in [-0.3, -0.25) is 9.69 Å². The SMILES string of the molecule is N#Cc1ccccc1CN1CCC(NC(=O)c2cc3ccc(OC4CCN(c5ccc(OC(F)(F)F)cc5)CC4)cc3o2)CC1. The van der Waals surface area contributed by atoms with Crippen LogP contribution in [-0.2, 0) is 6.54 Å². The van der Waals surface area contributed by atoms with E-state index in [2.05, 4.69) is 25.9 Å². The van der Waals surface area contributed by atoms with E-state index >= 15 is 0 Å². The maximum absolute atomic E-state index is 13.0. The number of furan rings is 1. The van der Waals surface area contributed by atoms with Crippen LogP contribution in [0.2, 0.25) is 0 Å². The van der Waals surface area contributed by atoms with Gasteiger partial charge < -0.3 is 24.1 Å². The van der Waals surface area contributed by atoms with E-state index in [1.807, 2.05) is 36.4 Å². The molecule has 2 aliphatic rings. The summed E-state index contributed by atoms with van der Waals surface area (Å²) < 4.78 is 53.4. The van der Waals surface area contributed by atoms with E-state index in [4.69, 9.17) is 9.15 Å². The highest BCUT2D eigenvalue weighted by Crippen LogP contribution is 2.30. The molecule has 2 aliphatic heterocycles. The Bertz CT molecular complexity index is 1670. The highest BCUT2D eigenvalue weighted by Gasteiger charge is 2.31. The lowest BCUT2D eigenvalue weighted by Gasteiger charge is -2.33. The zero-order valence-corrected chi connectivity index (χ0v) is 24.6. The van der Waals surface area contributed by atoms with Crippen LogP contribution < -0.4 is 19.7 Å². The minimum absolute atomic E-state index is 0.0245. The number of ether oxygens (including phenoxy) is 2. The van der Waals surface area contributed by atoms with E-state index in [-0.39, 0.29) is 29.6 Å². The zero-order valence-electron chi connectivity index (χ0n) is 24.6. The molecule has 4 aromatic rings. The quantitative estimate of drug-likeness (QED) is 0.237. The molecule has 3 heterocycles. The van der Waals surface area contributed by atoms with Crippen molar-refractivity contribution in [2.24, 2.45) is 0 Å². The smallest absolute Gasteiger partial charge is 0.490 e. The Kier molecular flexibility index (Phi) is 8.85. The molecule has 234 valence electrons. The van der Waals surface area contributed by atoms with Gasteiger partial charge in [0.25, 0.3) is 5.91 Å². The molecule has 0 aliphatic carbocycles. The van der Waals surface area contributed by atoms with Gasteiger partial charge in [-0.05, 0) is 66.9 Å². The normalized spacial score (nSPS) is 16.8. The molecule has 0 saturated carbocycles. The van der Waals surface area contributed by atoms with Gasteiger partial charge in [-0.15, -0.1) is 13.2 Å². The van der Waals surface area contributed by atoms with Crippen LogP contribution >= 0.6 is 0 Å². The molecule has 0 atom stereocenters. The van der Waals surface area contributed by atoms with Crippen molar-refractivity contribution in [1.82, 2.24) is 10.2 Å². The van der Waals surface area contributed by atoms with Crippen molar-refractivity contribution in [2.75, 3.05) is 31.1 Å². The predicted molar refractivity (Wildman–Crippen MR) is 162 cm³/mol. The number of alkyl halides is 3. The third-order valence-electron chi connectivity index (χ3n) is 8.35. The van der Waals surface area contributed by atoms with Crippen molar-refractivity contribution in [2.45, 2.75) is 50.7 Å². The van der Waals surface area contributed by atoms with Crippen LogP contribution in [0.3, 0.4) is 0 Å². The van der Waals surface area contributed by atoms with Crippen molar-refractivity contribution < 1.29 is 31.9 Å². The number of nitrogens with one attached hydrogen (secondary N) is 1. The van der Waals surface area contributed by atoms with Gasteiger partial charge >= 0.3 is 6.36 Å². The number of carbonyl (C=O) groups is 1. The van der Waals surface area contributed by atoms with Crippen molar-refractivity contribution >= 4 is 22.6 Å². The first-order valence-electron chi connectivity index (χ1n) is 15.0. The van der Waals surface area contributed by atoms with E-state index in [0.717, 1.165) is 62.0 Å². The molecule has 1 aromatic heterocycles. The molecule has 2 saturated heterocycles. The summed E-state index contributed by atoms with van der Waals surface area (Å²) in [7, 11) is 0. The van der Waals surface area contributed by atoms with Crippen molar-refractivity contribution in [3.8, 4) is 17.6 Å². The van der Waals surface area contributed by atoms with Crippen LogP contribution in [0.15, 0.2) is 77.2 Å². The number of nitriles is 1. The average Bonchev–Trinajstić information content (AvgIpc) is 3.46. The Morgan fingerprint density at radius 3 is 2.36 bits per heavy atom. The Morgan fingerprint density at radius 2 is 1.64 bits per heavy atom. The van der Waals surface area contributed by atoms with Gasteiger partial charge in [0.15, 0.2) is 5.76 Å². The number of hydrogen-bond acceptors (Lipinski definition) is 7. The van der Waals surface area contributed by atoms with Gasteiger partial charge in [-0.1, -0.05) is 18.2 Å². The van der Waals surface area contributed by atoms with E-state index in [1.165, 1.54) is 12.1 Å². The summed E-state index contributed by atoms with van der Waals surface area (Å²) in [6.07, 6.45) is -1.62. The van der Waals surface area contributed by atoms with Crippen molar-refractivity contribution in [3.63, 3.8) is 0 Å². The second-order valence-corrected chi connectivity index (χ2v) is 11.4. The first-order valence-corrected chi connectivity index (χ1v) is 15.0. The Labute approximate surface area is 258 Å². The zero-order chi connectivity index (χ0) is 31.4. The number of likely N-dealkylation sites (tertiary alicyclic amines) is 1. The van der Waals surface area contributed by atoms with Crippen LogP contribution in [0, 0.1) is 11.3 Å². The molecule has 2 fully saturated rings. The maximum Gasteiger partial charge on any atom is 0.573 e. The minimum Gasteiger partial charge on any atom is -0.490 e. The summed E-state index contributed by atoms with van der Waals surface area (Å²) in [4.78, 5) is 17.4. The fourth-order valence-corrected chi connectivity index (χ4v) is 5.98. The minimum atomic E-state index is -4.71. The molecule has 1 N–H and O–H groups in total. The number of rotatable bonds is 8. The number of anilines is 1. The number of fused-ring (bicyclic) bond motifs is 1. The van der Waals surface area contributed by atoms with Crippen LogP contribution in [0.5, 0.6) is 11.5 Å². The van der Waals surface area contributed by atoms with Gasteiger partial charge in [0.2, 0.25) is 0 Å². The highest BCUT2D eigenvalue weighted by atomic mass is 19.4. The number of carbonyl (C=O) groups excluding carboxylic acids is 1. The largest absolute Gasteiger partial charge is 0.573 e. The van der Waals surface area contributed by atoms with Gasteiger partial charge in [0.05, 0.1) is 11.6 Å². The number of amides is 1. The molecule has 3 aromatic carbocycles. The number of benzene rings is 3. The molecule has 1 amide bonds. The third kappa shape index (κ3) is 7.70. The van der Waals surface area contributed by atoms with E-state index < -0.39 is 6.36 Å². The molecule has 11 heteroatoms. The van der Waals surface area contributed by atoms with Gasteiger partial charge in [-0.2, -0.15) is 5.26 Å². The van der Waals surface area contributed by atoms with Gasteiger partial charge in [-0.25, -0.2) is 0 Å². The molecular weight excluding hydrogens is 585 g/mol. The molecule has 6 rings (SSSR count). The number of hydrogen-bond donors (Lipinski definition) is 1. The van der Waals surface area contributed by atoms with Crippen LogP contribution in [-0.4, -0.2) is 55.5 Å². The number of nitrogens with zero attached hydrogens (tertiary/aromatic N) is 3. The Hall–Kier alpha value is -4.69. The van der Waals surface area contributed by atoms with Gasteiger partial charge in [0, 0.05) is 68.7 Å². The highest BCUT2D eigenvalue weighted by molar-refractivity contribution is 5.96. The van der Waals surface area contributed by atoms with E-state index in [1.54, 1.807) is 24.3 Å². The second-order valence-electron chi connectivity index (χ2n) is 11.4. The summed E-state index contributed by atoms with van der Waals surface area (Å²) in [6, 6.07) is 23.1. The topological polar surface area (TPSA) is 91.0 Å². The van der Waals surface area contributed by atoms with Crippen LogP contribution in [0.4, 0.5) is 18.9 Å². The van der Waals surface area contributed by atoms with Crippen LogP contribution in [0.25, 0.3) is 11.0 Å². The Balaban J connectivity index is 0.978. The molecule has 0 bridgehead atoms. The second kappa shape index (κ2) is 13.1. The molecule has 0 unspecified atom stereocenters. The fraction of sp³-hybridized carbons (Fsp3) is 0.353. The first kappa shape index (κ1) is 30.3. The predicted octanol–water partition coefficient (Wildman–Crippen LogP) is 6.65. The third-order valence-corrected chi connectivity index (χ3v) is 8.35.